The van der Waals surface area contributed by atoms with Crippen molar-refractivity contribution in [3.63, 3.8) is 0 Å². The highest BCUT2D eigenvalue weighted by Gasteiger charge is 2.62. The van der Waals surface area contributed by atoms with Crippen molar-refractivity contribution in [1.29, 1.82) is 0 Å². The molecular formula is C26H43NO3. The van der Waals surface area contributed by atoms with E-state index in [0.717, 1.165) is 38.5 Å². The number of aliphatic hydroxyl groups excluding tert-OH is 1. The highest BCUT2D eigenvalue weighted by molar-refractivity contribution is 5.79. The normalized spacial score (nSPS) is 45.6. The molecule has 0 radical (unpaired) electrons. The number of amides is 1. The summed E-state index contributed by atoms with van der Waals surface area (Å²) in [6.45, 7) is 8.82. The van der Waals surface area contributed by atoms with Gasteiger partial charge in [-0.15, -0.1) is 0 Å². The van der Waals surface area contributed by atoms with Crippen LogP contribution < -0.4 is 5.32 Å². The summed E-state index contributed by atoms with van der Waals surface area (Å²) >= 11 is 0. The number of fused-ring (bicyclic) bond motifs is 5. The summed E-state index contributed by atoms with van der Waals surface area (Å²) in [7, 11) is 0. The molecule has 4 unspecified atom stereocenters. The van der Waals surface area contributed by atoms with Crippen LogP contribution >= 0.6 is 0 Å². The van der Waals surface area contributed by atoms with Crippen molar-refractivity contribution in [3.8, 4) is 0 Å². The lowest BCUT2D eigenvalue weighted by Gasteiger charge is -2.61. The van der Waals surface area contributed by atoms with Crippen LogP contribution in [0.1, 0.15) is 98.3 Å². The van der Waals surface area contributed by atoms with Crippen molar-refractivity contribution in [2.75, 3.05) is 0 Å². The quantitative estimate of drug-likeness (QED) is 0.670. The van der Waals surface area contributed by atoms with Gasteiger partial charge < -0.3 is 10.4 Å². The van der Waals surface area contributed by atoms with Gasteiger partial charge in [0.05, 0.1) is 6.10 Å². The van der Waals surface area contributed by atoms with Gasteiger partial charge >= 0.3 is 0 Å². The van der Waals surface area contributed by atoms with E-state index in [-0.39, 0.29) is 28.9 Å². The highest BCUT2D eigenvalue weighted by Crippen LogP contribution is 2.67. The number of nitrogens with one attached hydrogen (secondary N) is 1. The van der Waals surface area contributed by atoms with Crippen LogP contribution in [0.2, 0.25) is 0 Å². The minimum atomic E-state index is -0.242. The van der Waals surface area contributed by atoms with E-state index in [1.54, 1.807) is 0 Å². The van der Waals surface area contributed by atoms with Crippen LogP contribution in [0.3, 0.4) is 0 Å². The molecule has 0 bridgehead atoms. The first-order valence-electron chi connectivity index (χ1n) is 12.7. The van der Waals surface area contributed by atoms with Gasteiger partial charge in [-0.3, -0.25) is 9.59 Å². The molecule has 8 atom stereocenters. The van der Waals surface area contributed by atoms with Gasteiger partial charge in [0.25, 0.3) is 0 Å². The van der Waals surface area contributed by atoms with E-state index in [2.05, 4.69) is 19.2 Å². The zero-order valence-electron chi connectivity index (χ0n) is 19.6. The number of hydrogen-bond donors (Lipinski definition) is 2. The van der Waals surface area contributed by atoms with E-state index in [4.69, 9.17) is 0 Å². The molecule has 30 heavy (non-hydrogen) atoms. The van der Waals surface area contributed by atoms with E-state index < -0.39 is 0 Å². The number of rotatable bonds is 5. The lowest BCUT2D eigenvalue weighted by Crippen LogP contribution is -2.58. The number of ketones is 1. The maximum atomic E-state index is 12.1. The van der Waals surface area contributed by atoms with Crippen molar-refractivity contribution in [2.45, 2.75) is 110 Å². The topological polar surface area (TPSA) is 66.4 Å². The standard InChI is InChI=1S/C26H43NO3/c1-16(2)27-24(30)7-5-6-17-9-11-21-20-10-8-18-14-19(28)12-13-25(18,3)22(20)15-23(29)26(17,21)4/h16-18,20-23,29H,5-15H2,1-4H3,(H,27,30)/t17-,18?,20?,21?,22?,23-,25-,26+/m0/s1. The van der Waals surface area contributed by atoms with Gasteiger partial charge in [-0.2, -0.15) is 0 Å². The molecule has 4 aliphatic carbocycles. The molecule has 170 valence electrons. The van der Waals surface area contributed by atoms with Gasteiger partial charge in [0.2, 0.25) is 5.91 Å². The lowest BCUT2D eigenvalue weighted by molar-refractivity contribution is -0.167. The summed E-state index contributed by atoms with van der Waals surface area (Å²) in [5.41, 5.74) is 0.246. The number of hydrogen-bond acceptors (Lipinski definition) is 3. The Hall–Kier alpha value is -0.900. The second-order valence-electron chi connectivity index (χ2n) is 11.9. The summed E-state index contributed by atoms with van der Waals surface area (Å²) in [4.78, 5) is 24.1. The fourth-order valence-electron chi connectivity index (χ4n) is 8.51. The first-order chi connectivity index (χ1) is 14.2. The first-order valence-corrected chi connectivity index (χ1v) is 12.7. The predicted octanol–water partition coefficient (Wildman–Crippen LogP) is 4.88. The number of Topliss-reactive ketones (excluding diaryl/α,β-unsaturated/α-hetero) is 1. The molecule has 4 saturated carbocycles. The van der Waals surface area contributed by atoms with Gasteiger partial charge in [0.15, 0.2) is 0 Å². The predicted molar refractivity (Wildman–Crippen MR) is 119 cm³/mol. The third-order valence-electron chi connectivity index (χ3n) is 10.2. The molecule has 4 nitrogen and oxygen atoms in total. The summed E-state index contributed by atoms with van der Waals surface area (Å²) in [6, 6.07) is 0.203. The average Bonchev–Trinajstić information content (AvgIpc) is 3.01. The molecule has 0 spiro atoms. The Bertz CT molecular complexity index is 675. The van der Waals surface area contributed by atoms with Crippen LogP contribution in [-0.4, -0.2) is 28.9 Å². The van der Waals surface area contributed by atoms with Crippen LogP contribution in [0.5, 0.6) is 0 Å². The Morgan fingerprint density at radius 3 is 2.67 bits per heavy atom. The van der Waals surface area contributed by atoms with Gasteiger partial charge in [-0.05, 0) is 106 Å². The minimum absolute atomic E-state index is 0.00335. The molecule has 0 aromatic rings. The van der Waals surface area contributed by atoms with Gasteiger partial charge in [-0.25, -0.2) is 0 Å². The third-order valence-corrected chi connectivity index (χ3v) is 10.2. The van der Waals surface area contributed by atoms with E-state index in [0.29, 0.717) is 41.8 Å². The second kappa shape index (κ2) is 8.22. The van der Waals surface area contributed by atoms with Crippen LogP contribution in [0.4, 0.5) is 0 Å². The molecule has 0 saturated heterocycles. The molecule has 4 fully saturated rings. The van der Waals surface area contributed by atoms with Crippen LogP contribution in [-0.2, 0) is 9.59 Å². The number of aliphatic hydroxyl groups is 1. The molecule has 1 amide bonds. The van der Waals surface area contributed by atoms with E-state index in [9.17, 15) is 14.7 Å². The Labute approximate surface area is 183 Å². The molecule has 0 aromatic carbocycles. The van der Waals surface area contributed by atoms with Crippen molar-refractivity contribution in [1.82, 2.24) is 5.32 Å². The van der Waals surface area contributed by atoms with Crippen LogP contribution in [0.25, 0.3) is 0 Å². The molecule has 4 rings (SSSR count). The zero-order valence-corrected chi connectivity index (χ0v) is 19.6. The lowest BCUT2D eigenvalue weighted by atomic mass is 9.44. The molecule has 0 aliphatic heterocycles. The molecule has 2 N–H and O–H groups in total. The van der Waals surface area contributed by atoms with Crippen LogP contribution in [0, 0.1) is 40.4 Å². The van der Waals surface area contributed by atoms with Crippen molar-refractivity contribution in [3.05, 3.63) is 0 Å². The molecule has 0 aromatic heterocycles. The van der Waals surface area contributed by atoms with Crippen LogP contribution in [0.15, 0.2) is 0 Å². The minimum Gasteiger partial charge on any atom is -0.393 e. The molecule has 0 heterocycles. The Balaban J connectivity index is 1.45. The largest absolute Gasteiger partial charge is 0.393 e. The summed E-state index contributed by atoms with van der Waals surface area (Å²) in [5.74, 6) is 3.58. The highest BCUT2D eigenvalue weighted by atomic mass is 16.3. The summed E-state index contributed by atoms with van der Waals surface area (Å²) < 4.78 is 0. The van der Waals surface area contributed by atoms with E-state index in [1.165, 1.54) is 25.7 Å². The maximum Gasteiger partial charge on any atom is 0.220 e. The SMILES string of the molecule is CC(C)NC(=O)CCC[C@H]1CCC2C3CCC4CC(=O)CC[C@]4(C)C3C[C@H](O)[C@@]21C. The Kier molecular flexibility index (Phi) is 6.11. The molecule has 4 heteroatoms. The second-order valence-corrected chi connectivity index (χ2v) is 11.9. The fraction of sp³-hybridized carbons (Fsp3) is 0.923. The van der Waals surface area contributed by atoms with E-state index in [1.807, 2.05) is 13.8 Å². The van der Waals surface area contributed by atoms with Gasteiger partial charge in [-0.1, -0.05) is 13.8 Å². The molecule has 4 aliphatic rings. The van der Waals surface area contributed by atoms with Crippen molar-refractivity contribution >= 4 is 11.7 Å². The number of carbonyl (C=O) groups is 2. The first kappa shape index (κ1) is 22.3. The molecular weight excluding hydrogens is 374 g/mol. The average molecular weight is 418 g/mol. The van der Waals surface area contributed by atoms with Gasteiger partial charge in [0, 0.05) is 25.3 Å². The monoisotopic (exact) mass is 417 g/mol. The van der Waals surface area contributed by atoms with Gasteiger partial charge in [0.1, 0.15) is 5.78 Å². The van der Waals surface area contributed by atoms with E-state index >= 15 is 0 Å². The smallest absolute Gasteiger partial charge is 0.220 e. The maximum absolute atomic E-state index is 12.1. The third kappa shape index (κ3) is 3.65. The summed E-state index contributed by atoms with van der Waals surface area (Å²) in [6.07, 6.45) is 10.7. The Morgan fingerprint density at radius 1 is 1.17 bits per heavy atom. The zero-order chi connectivity index (χ0) is 21.7. The Morgan fingerprint density at radius 2 is 1.93 bits per heavy atom. The van der Waals surface area contributed by atoms with Crippen molar-refractivity contribution < 1.29 is 14.7 Å². The number of carbonyl (C=O) groups excluding carboxylic acids is 2. The fourth-order valence-corrected chi connectivity index (χ4v) is 8.51. The van der Waals surface area contributed by atoms with Crippen molar-refractivity contribution in [2.24, 2.45) is 40.4 Å². The summed E-state index contributed by atoms with van der Waals surface area (Å²) in [5, 5.41) is 14.5.